The van der Waals surface area contributed by atoms with Crippen LogP contribution in [0.1, 0.15) is 5.76 Å². The Morgan fingerprint density at radius 2 is 1.73 bits per heavy atom. The van der Waals surface area contributed by atoms with Crippen LogP contribution in [0.2, 0.25) is 10.0 Å². The van der Waals surface area contributed by atoms with Crippen molar-refractivity contribution in [2.24, 2.45) is 5.10 Å². The predicted molar refractivity (Wildman–Crippen MR) is 110 cm³/mol. The number of halogens is 5. The summed E-state index contributed by atoms with van der Waals surface area (Å²) in [6.45, 7) is 0. The maximum Gasteiger partial charge on any atom is 0.435 e. The predicted octanol–water partition coefficient (Wildman–Crippen LogP) is 6.60. The fourth-order valence-corrected chi connectivity index (χ4v) is 3.41. The van der Waals surface area contributed by atoms with E-state index in [0.717, 1.165) is 6.08 Å². The molecule has 0 unspecified atom stereocenters. The number of hydrogen-bond donors (Lipinski definition) is 0. The van der Waals surface area contributed by atoms with Crippen molar-refractivity contribution in [1.82, 2.24) is 0 Å². The summed E-state index contributed by atoms with van der Waals surface area (Å²) >= 11 is 12.0. The molecular weight excluding hydrogens is 440 g/mol. The number of furan rings is 1. The zero-order chi connectivity index (χ0) is 21.5. The van der Waals surface area contributed by atoms with Crippen molar-refractivity contribution in [2.45, 2.75) is 6.18 Å². The number of hydrazone groups is 1. The van der Waals surface area contributed by atoms with Crippen molar-refractivity contribution in [3.8, 4) is 11.3 Å². The normalized spacial score (nSPS) is 15.8. The molecule has 152 valence electrons. The quantitative estimate of drug-likeness (QED) is 0.421. The lowest BCUT2D eigenvalue weighted by Crippen LogP contribution is -2.25. The minimum absolute atomic E-state index is 0.0474. The maximum atomic E-state index is 13.5. The van der Waals surface area contributed by atoms with Crippen LogP contribution >= 0.6 is 23.2 Å². The summed E-state index contributed by atoms with van der Waals surface area (Å²) in [5.74, 6) is -0.540. The van der Waals surface area contributed by atoms with Gasteiger partial charge in [-0.1, -0.05) is 41.4 Å². The summed E-state index contributed by atoms with van der Waals surface area (Å²) in [5, 5.41) is 4.98. The van der Waals surface area contributed by atoms with Crippen LogP contribution in [0, 0.1) is 0 Å². The smallest absolute Gasteiger partial charge is 0.435 e. The number of nitrogens with zero attached hydrogens (tertiary/aromatic N) is 2. The highest BCUT2D eigenvalue weighted by atomic mass is 35.5. The summed E-state index contributed by atoms with van der Waals surface area (Å²) in [5.41, 5.74) is -1.17. The lowest BCUT2D eigenvalue weighted by molar-refractivity contribution is -0.114. The fraction of sp³-hybridized carbons (Fsp3) is 0.0476. The molecule has 0 aliphatic carbocycles. The van der Waals surface area contributed by atoms with Crippen LogP contribution in [0.15, 0.2) is 75.8 Å². The standard InChI is InChI=1S/C21H11Cl2F3N2O2/c22-12-6-8-15(17(23)10-12)18-9-7-14(30-18)11-16-19(21(24,25)26)27-28(20(16)29)13-4-2-1-3-5-13/h1-11H/b16-11+. The van der Waals surface area contributed by atoms with E-state index >= 15 is 0 Å². The molecule has 0 radical (unpaired) electrons. The van der Waals surface area contributed by atoms with Crippen molar-refractivity contribution in [1.29, 1.82) is 0 Å². The van der Waals surface area contributed by atoms with E-state index in [0.29, 0.717) is 26.4 Å². The average Bonchev–Trinajstić information content (AvgIpc) is 3.28. The highest BCUT2D eigenvalue weighted by molar-refractivity contribution is 6.36. The van der Waals surface area contributed by atoms with Gasteiger partial charge in [0.1, 0.15) is 11.5 Å². The van der Waals surface area contributed by atoms with E-state index in [-0.39, 0.29) is 11.4 Å². The van der Waals surface area contributed by atoms with Crippen LogP contribution in [0.3, 0.4) is 0 Å². The van der Waals surface area contributed by atoms with Gasteiger partial charge in [0, 0.05) is 10.6 Å². The Balaban J connectivity index is 1.73. The number of benzene rings is 2. The number of alkyl halides is 3. The van der Waals surface area contributed by atoms with Gasteiger partial charge in [-0.05, 0) is 48.5 Å². The monoisotopic (exact) mass is 450 g/mol. The minimum Gasteiger partial charge on any atom is -0.457 e. The highest BCUT2D eigenvalue weighted by Gasteiger charge is 2.47. The molecule has 4 nitrogen and oxygen atoms in total. The number of hydrogen-bond acceptors (Lipinski definition) is 3. The Kier molecular flexibility index (Phi) is 5.17. The highest BCUT2D eigenvalue weighted by Crippen LogP contribution is 2.35. The molecule has 0 bridgehead atoms. The molecule has 9 heteroatoms. The van der Waals surface area contributed by atoms with Gasteiger partial charge >= 0.3 is 6.18 Å². The van der Waals surface area contributed by atoms with Gasteiger partial charge in [0.2, 0.25) is 0 Å². The van der Waals surface area contributed by atoms with Crippen LogP contribution in [-0.2, 0) is 4.79 Å². The summed E-state index contributed by atoms with van der Waals surface area (Å²) in [6, 6.07) is 15.6. The Bertz CT molecular complexity index is 1180. The van der Waals surface area contributed by atoms with E-state index in [1.165, 1.54) is 24.3 Å². The van der Waals surface area contributed by atoms with Gasteiger partial charge in [0.05, 0.1) is 16.3 Å². The van der Waals surface area contributed by atoms with Gasteiger partial charge in [0.25, 0.3) is 5.91 Å². The second kappa shape index (κ2) is 7.66. The maximum absolute atomic E-state index is 13.5. The Morgan fingerprint density at radius 1 is 1.00 bits per heavy atom. The third-order valence-corrected chi connectivity index (χ3v) is 4.80. The van der Waals surface area contributed by atoms with Gasteiger partial charge < -0.3 is 4.42 Å². The number of amides is 1. The molecule has 0 N–H and O–H groups in total. The lowest BCUT2D eigenvalue weighted by Gasteiger charge is -2.10. The molecule has 1 aliphatic heterocycles. The molecule has 1 aliphatic rings. The Labute approximate surface area is 178 Å². The fourth-order valence-electron chi connectivity index (χ4n) is 2.91. The van der Waals surface area contributed by atoms with Crippen molar-refractivity contribution >= 4 is 46.6 Å². The first-order valence-corrected chi connectivity index (χ1v) is 9.32. The molecule has 1 aromatic heterocycles. The van der Waals surface area contributed by atoms with Crippen LogP contribution in [-0.4, -0.2) is 17.8 Å². The van der Waals surface area contributed by atoms with Crippen molar-refractivity contribution in [2.75, 3.05) is 5.01 Å². The number of carbonyl (C=O) groups is 1. The third-order valence-electron chi connectivity index (χ3n) is 4.26. The van der Waals surface area contributed by atoms with Crippen LogP contribution in [0.4, 0.5) is 18.9 Å². The van der Waals surface area contributed by atoms with E-state index < -0.39 is 23.4 Å². The number of rotatable bonds is 3. The number of para-hydroxylation sites is 1. The van der Waals surface area contributed by atoms with Gasteiger partial charge in [-0.2, -0.15) is 23.3 Å². The first-order chi connectivity index (χ1) is 14.2. The number of carbonyl (C=O) groups excluding carboxylic acids is 1. The molecule has 30 heavy (non-hydrogen) atoms. The lowest BCUT2D eigenvalue weighted by atomic mass is 10.1. The molecule has 1 amide bonds. The first kappa shape index (κ1) is 20.3. The molecule has 0 spiro atoms. The minimum atomic E-state index is -4.82. The van der Waals surface area contributed by atoms with Gasteiger partial charge in [-0.3, -0.25) is 4.79 Å². The van der Waals surface area contributed by atoms with Gasteiger partial charge in [0.15, 0.2) is 5.71 Å². The molecule has 3 aromatic rings. The molecule has 4 rings (SSSR count). The van der Waals surface area contributed by atoms with Crippen molar-refractivity contribution < 1.29 is 22.4 Å². The second-order valence-electron chi connectivity index (χ2n) is 6.28. The molecule has 0 saturated carbocycles. The molecule has 2 heterocycles. The Morgan fingerprint density at radius 3 is 2.40 bits per heavy atom. The zero-order valence-electron chi connectivity index (χ0n) is 15.0. The molecule has 0 fully saturated rings. The van der Waals surface area contributed by atoms with Crippen molar-refractivity contribution in [3.05, 3.63) is 82.0 Å². The van der Waals surface area contributed by atoms with E-state index in [1.807, 2.05) is 0 Å². The third kappa shape index (κ3) is 3.86. The van der Waals surface area contributed by atoms with Crippen LogP contribution in [0.25, 0.3) is 17.4 Å². The average molecular weight is 451 g/mol. The summed E-state index contributed by atoms with van der Waals surface area (Å²) in [4.78, 5) is 12.7. The van der Waals surface area contributed by atoms with Crippen LogP contribution in [0.5, 0.6) is 0 Å². The van der Waals surface area contributed by atoms with E-state index in [9.17, 15) is 18.0 Å². The first-order valence-electron chi connectivity index (χ1n) is 8.56. The molecule has 2 aromatic carbocycles. The number of anilines is 1. The SMILES string of the molecule is O=C1/C(=C/c2ccc(-c3ccc(Cl)cc3Cl)o2)C(C(F)(F)F)=NN1c1ccccc1. The molecule has 0 saturated heterocycles. The summed E-state index contributed by atoms with van der Waals surface area (Å²) in [6.07, 6.45) is -3.80. The van der Waals surface area contributed by atoms with Gasteiger partial charge in [-0.15, -0.1) is 0 Å². The van der Waals surface area contributed by atoms with E-state index in [1.54, 1.807) is 36.4 Å². The van der Waals surface area contributed by atoms with E-state index in [2.05, 4.69) is 5.10 Å². The summed E-state index contributed by atoms with van der Waals surface area (Å²) in [7, 11) is 0. The molecular formula is C21H11Cl2F3N2O2. The van der Waals surface area contributed by atoms with Crippen LogP contribution < -0.4 is 5.01 Å². The largest absolute Gasteiger partial charge is 0.457 e. The van der Waals surface area contributed by atoms with Crippen molar-refractivity contribution in [3.63, 3.8) is 0 Å². The zero-order valence-corrected chi connectivity index (χ0v) is 16.5. The van der Waals surface area contributed by atoms with Gasteiger partial charge in [-0.25, -0.2) is 0 Å². The molecule has 0 atom stereocenters. The topological polar surface area (TPSA) is 45.8 Å². The van der Waals surface area contributed by atoms with E-state index in [4.69, 9.17) is 27.6 Å². The second-order valence-corrected chi connectivity index (χ2v) is 7.13. The Hall–Kier alpha value is -3.03. The summed E-state index contributed by atoms with van der Waals surface area (Å²) < 4.78 is 46.2.